The Bertz CT molecular complexity index is 819. The predicted molar refractivity (Wildman–Crippen MR) is 120 cm³/mol. The molecule has 0 fully saturated rings. The van der Waals surface area contributed by atoms with Crippen LogP contribution < -0.4 is 9.47 Å². The van der Waals surface area contributed by atoms with Crippen LogP contribution in [0.1, 0.15) is 31.9 Å². The molecule has 0 spiro atoms. The standard InChI is InChI=1S/C25H32O6/c1-25(2,3)20-8-12-23(13-9-20)31-18-21(26)17-30-22-10-5-19(6-11-22)7-14-24(27)29-16-15-28-4/h5-14,21,26H,15-18H2,1-4H3. The summed E-state index contributed by atoms with van der Waals surface area (Å²) in [6.45, 7) is 7.32. The molecule has 0 radical (unpaired) electrons. The van der Waals surface area contributed by atoms with E-state index in [0.29, 0.717) is 18.1 Å². The lowest BCUT2D eigenvalue weighted by Gasteiger charge is -2.19. The van der Waals surface area contributed by atoms with Crippen molar-refractivity contribution in [2.24, 2.45) is 0 Å². The highest BCUT2D eigenvalue weighted by Gasteiger charge is 2.13. The monoisotopic (exact) mass is 428 g/mol. The molecule has 2 rings (SSSR count). The number of benzene rings is 2. The van der Waals surface area contributed by atoms with E-state index < -0.39 is 12.1 Å². The molecular formula is C25H32O6. The van der Waals surface area contributed by atoms with E-state index in [1.54, 1.807) is 25.3 Å². The van der Waals surface area contributed by atoms with Gasteiger partial charge in [-0.25, -0.2) is 4.79 Å². The molecule has 6 heteroatoms. The van der Waals surface area contributed by atoms with Crippen molar-refractivity contribution >= 4 is 12.0 Å². The Morgan fingerprint density at radius 1 is 0.935 bits per heavy atom. The van der Waals surface area contributed by atoms with Crippen LogP contribution >= 0.6 is 0 Å². The number of aliphatic hydroxyl groups excluding tert-OH is 1. The molecule has 2 aromatic rings. The first-order valence-electron chi connectivity index (χ1n) is 10.3. The maximum Gasteiger partial charge on any atom is 0.330 e. The molecule has 31 heavy (non-hydrogen) atoms. The summed E-state index contributed by atoms with van der Waals surface area (Å²) in [6, 6.07) is 15.1. The number of carbonyl (C=O) groups is 1. The van der Waals surface area contributed by atoms with Crippen molar-refractivity contribution in [3.05, 3.63) is 65.7 Å². The van der Waals surface area contributed by atoms with E-state index in [2.05, 4.69) is 20.8 Å². The minimum Gasteiger partial charge on any atom is -0.491 e. The third-order valence-electron chi connectivity index (χ3n) is 4.43. The summed E-state index contributed by atoms with van der Waals surface area (Å²) < 4.78 is 21.0. The highest BCUT2D eigenvalue weighted by Crippen LogP contribution is 2.24. The Hall–Kier alpha value is -2.83. The summed E-state index contributed by atoms with van der Waals surface area (Å²) in [6.07, 6.45) is 2.26. The average Bonchev–Trinajstić information content (AvgIpc) is 2.75. The Balaban J connectivity index is 1.73. The predicted octanol–water partition coefficient (Wildman–Crippen LogP) is 4.01. The maximum atomic E-state index is 11.5. The third-order valence-corrected chi connectivity index (χ3v) is 4.43. The van der Waals surface area contributed by atoms with Gasteiger partial charge in [0, 0.05) is 13.2 Å². The zero-order valence-electron chi connectivity index (χ0n) is 18.7. The van der Waals surface area contributed by atoms with Gasteiger partial charge in [-0.3, -0.25) is 0 Å². The van der Waals surface area contributed by atoms with Gasteiger partial charge < -0.3 is 24.1 Å². The molecule has 0 bridgehead atoms. The average molecular weight is 429 g/mol. The van der Waals surface area contributed by atoms with Crippen molar-refractivity contribution in [3.63, 3.8) is 0 Å². The molecule has 1 unspecified atom stereocenters. The number of methoxy groups -OCH3 is 1. The Labute approximate surface area is 184 Å². The lowest BCUT2D eigenvalue weighted by atomic mass is 9.87. The van der Waals surface area contributed by atoms with E-state index in [4.69, 9.17) is 18.9 Å². The summed E-state index contributed by atoms with van der Waals surface area (Å²) in [5.41, 5.74) is 2.15. The van der Waals surface area contributed by atoms with E-state index >= 15 is 0 Å². The minimum absolute atomic E-state index is 0.0879. The van der Waals surface area contributed by atoms with Gasteiger partial charge in [-0.2, -0.15) is 0 Å². The van der Waals surface area contributed by atoms with Gasteiger partial charge in [0.25, 0.3) is 0 Å². The fourth-order valence-corrected chi connectivity index (χ4v) is 2.60. The van der Waals surface area contributed by atoms with Crippen LogP contribution in [0.4, 0.5) is 0 Å². The van der Waals surface area contributed by atoms with Crippen LogP contribution in [0, 0.1) is 0 Å². The van der Waals surface area contributed by atoms with Crippen LogP contribution in [0.2, 0.25) is 0 Å². The molecular weight excluding hydrogens is 396 g/mol. The second-order valence-electron chi connectivity index (χ2n) is 8.11. The number of esters is 1. The van der Waals surface area contributed by atoms with Crippen LogP contribution in [0.15, 0.2) is 54.6 Å². The molecule has 1 N–H and O–H groups in total. The lowest BCUT2D eigenvalue weighted by Crippen LogP contribution is -2.25. The molecule has 2 aromatic carbocycles. The highest BCUT2D eigenvalue weighted by molar-refractivity contribution is 5.87. The van der Waals surface area contributed by atoms with Gasteiger partial charge in [-0.1, -0.05) is 45.0 Å². The van der Waals surface area contributed by atoms with Gasteiger partial charge in [-0.15, -0.1) is 0 Å². The molecule has 0 saturated heterocycles. The summed E-state index contributed by atoms with van der Waals surface area (Å²) >= 11 is 0. The van der Waals surface area contributed by atoms with Crippen molar-refractivity contribution < 1.29 is 28.8 Å². The molecule has 6 nitrogen and oxygen atoms in total. The first kappa shape index (κ1) is 24.4. The number of hydrogen-bond donors (Lipinski definition) is 1. The summed E-state index contributed by atoms with van der Waals surface area (Å²) in [4.78, 5) is 11.5. The molecule has 0 aromatic heterocycles. The molecule has 0 aliphatic carbocycles. The van der Waals surface area contributed by atoms with Gasteiger partial charge in [0.2, 0.25) is 0 Å². The number of rotatable bonds is 11. The van der Waals surface area contributed by atoms with E-state index in [-0.39, 0.29) is 25.2 Å². The number of hydrogen-bond acceptors (Lipinski definition) is 6. The summed E-state index contributed by atoms with van der Waals surface area (Å²) in [7, 11) is 1.55. The number of ether oxygens (including phenoxy) is 4. The molecule has 0 saturated carbocycles. The highest BCUT2D eigenvalue weighted by atomic mass is 16.6. The summed E-state index contributed by atoms with van der Waals surface area (Å²) in [5, 5.41) is 10.1. The van der Waals surface area contributed by atoms with Gasteiger partial charge in [0.05, 0.1) is 6.61 Å². The van der Waals surface area contributed by atoms with Crippen molar-refractivity contribution in [2.75, 3.05) is 33.5 Å². The fourth-order valence-electron chi connectivity index (χ4n) is 2.60. The molecule has 0 aliphatic heterocycles. The topological polar surface area (TPSA) is 74.2 Å². The van der Waals surface area contributed by atoms with Gasteiger partial charge in [0.15, 0.2) is 0 Å². The fraction of sp³-hybridized carbons (Fsp3) is 0.400. The molecule has 1 atom stereocenters. The molecule has 0 amide bonds. The Morgan fingerprint density at radius 2 is 1.48 bits per heavy atom. The van der Waals surface area contributed by atoms with Gasteiger partial charge >= 0.3 is 5.97 Å². The largest absolute Gasteiger partial charge is 0.491 e. The Kier molecular flexibility index (Phi) is 9.56. The van der Waals surface area contributed by atoms with Crippen molar-refractivity contribution in [1.82, 2.24) is 0 Å². The van der Waals surface area contributed by atoms with E-state index in [9.17, 15) is 9.90 Å². The second kappa shape index (κ2) is 12.1. The van der Waals surface area contributed by atoms with E-state index in [0.717, 1.165) is 5.56 Å². The van der Waals surface area contributed by atoms with Gasteiger partial charge in [-0.05, 0) is 46.9 Å². The SMILES string of the molecule is COCCOC(=O)C=Cc1ccc(OCC(O)COc2ccc(C(C)(C)C)cc2)cc1. The van der Waals surface area contributed by atoms with Crippen LogP contribution in [-0.2, 0) is 19.7 Å². The van der Waals surface area contributed by atoms with Crippen LogP contribution in [0.5, 0.6) is 11.5 Å². The van der Waals surface area contributed by atoms with Crippen LogP contribution in [0.25, 0.3) is 6.08 Å². The second-order valence-corrected chi connectivity index (χ2v) is 8.11. The zero-order chi connectivity index (χ0) is 22.7. The van der Waals surface area contributed by atoms with Crippen LogP contribution in [-0.4, -0.2) is 50.7 Å². The van der Waals surface area contributed by atoms with E-state index in [1.165, 1.54) is 11.6 Å². The molecule has 0 aliphatic rings. The quantitative estimate of drug-likeness (QED) is 0.331. The van der Waals surface area contributed by atoms with Crippen LogP contribution in [0.3, 0.4) is 0 Å². The van der Waals surface area contributed by atoms with Crippen molar-refractivity contribution in [2.45, 2.75) is 32.3 Å². The maximum absolute atomic E-state index is 11.5. The number of aliphatic hydroxyl groups is 1. The first-order valence-corrected chi connectivity index (χ1v) is 10.3. The first-order chi connectivity index (χ1) is 14.8. The van der Waals surface area contributed by atoms with Crippen molar-refractivity contribution in [1.29, 1.82) is 0 Å². The third kappa shape index (κ3) is 9.24. The minimum atomic E-state index is -0.760. The van der Waals surface area contributed by atoms with Gasteiger partial charge in [0.1, 0.15) is 37.4 Å². The lowest BCUT2D eigenvalue weighted by molar-refractivity contribution is -0.138. The summed E-state index contributed by atoms with van der Waals surface area (Å²) in [5.74, 6) is 0.908. The zero-order valence-corrected chi connectivity index (χ0v) is 18.7. The van der Waals surface area contributed by atoms with Crippen molar-refractivity contribution in [3.8, 4) is 11.5 Å². The number of carbonyl (C=O) groups excluding carboxylic acids is 1. The smallest absolute Gasteiger partial charge is 0.330 e. The molecule has 168 valence electrons. The normalized spacial score (nSPS) is 12.5. The van der Waals surface area contributed by atoms with E-state index in [1.807, 2.05) is 36.4 Å². The Morgan fingerprint density at radius 3 is 2.00 bits per heavy atom. The molecule has 0 heterocycles.